The predicted octanol–water partition coefficient (Wildman–Crippen LogP) is 0.199. The van der Waals surface area contributed by atoms with E-state index in [9.17, 15) is 0 Å². The second kappa shape index (κ2) is 9.34. The average molecular weight is 314 g/mol. The Morgan fingerprint density at radius 2 is 1.27 bits per heavy atom. The summed E-state index contributed by atoms with van der Waals surface area (Å²) in [5.74, 6) is -1.92. The molecule has 0 unspecified atom stereocenters. The van der Waals surface area contributed by atoms with Crippen molar-refractivity contribution in [3.05, 3.63) is 0 Å². The molecule has 0 aromatic carbocycles. The first-order valence-corrected chi connectivity index (χ1v) is 7.55. The molecule has 0 radical (unpaired) electrons. The molecule has 0 fully saturated rings. The smallest absolute Gasteiger partial charge is 0.275 e. The Morgan fingerprint density at radius 3 is 1.82 bits per heavy atom. The highest BCUT2D eigenvalue weighted by molar-refractivity contribution is 5.36. The number of nitrogens with zero attached hydrogens (tertiary/aromatic N) is 3. The van der Waals surface area contributed by atoms with Gasteiger partial charge < -0.3 is 32.1 Å². The van der Waals surface area contributed by atoms with Gasteiger partial charge in [-0.1, -0.05) is 32.1 Å². The lowest BCUT2D eigenvalue weighted by atomic mass is 10.1. The number of aromatic nitrogens is 3. The molecule has 8 N–H and O–H groups in total. The third kappa shape index (κ3) is 9.27. The summed E-state index contributed by atoms with van der Waals surface area (Å²) in [6.07, 6.45) is 6.75. The monoisotopic (exact) mass is 314 g/mol. The second-order valence-corrected chi connectivity index (χ2v) is 5.30. The van der Waals surface area contributed by atoms with Gasteiger partial charge >= 0.3 is 0 Å². The summed E-state index contributed by atoms with van der Waals surface area (Å²) in [7, 11) is 0. The Morgan fingerprint density at radius 1 is 0.773 bits per heavy atom. The molecule has 0 atom stereocenters. The third-order valence-electron chi connectivity index (χ3n) is 3.14. The van der Waals surface area contributed by atoms with E-state index in [-0.39, 0.29) is 18.3 Å². The Bertz CT molecular complexity index is 418. The van der Waals surface area contributed by atoms with E-state index in [1.165, 1.54) is 0 Å². The molecule has 126 valence electrons. The van der Waals surface area contributed by atoms with Crippen molar-refractivity contribution in [2.45, 2.75) is 57.3 Å². The van der Waals surface area contributed by atoms with Gasteiger partial charge in [0, 0.05) is 13.0 Å². The van der Waals surface area contributed by atoms with E-state index in [2.05, 4.69) is 20.3 Å². The highest BCUT2D eigenvalue weighted by atomic mass is 16.7. The number of nitrogens with two attached hydrogens (primary N) is 2. The molecule has 1 aromatic rings. The molecule has 0 spiro atoms. The van der Waals surface area contributed by atoms with Gasteiger partial charge in [-0.15, -0.1) is 0 Å². The van der Waals surface area contributed by atoms with Crippen LogP contribution in [-0.4, -0.2) is 42.8 Å². The van der Waals surface area contributed by atoms with E-state index < -0.39 is 5.97 Å². The van der Waals surface area contributed by atoms with Crippen molar-refractivity contribution in [1.29, 1.82) is 0 Å². The van der Waals surface area contributed by atoms with Crippen LogP contribution in [0.2, 0.25) is 0 Å². The van der Waals surface area contributed by atoms with Gasteiger partial charge in [-0.2, -0.15) is 15.0 Å². The van der Waals surface area contributed by atoms with Gasteiger partial charge in [0.1, 0.15) is 0 Å². The van der Waals surface area contributed by atoms with Gasteiger partial charge in [0.2, 0.25) is 17.8 Å². The minimum atomic E-state index is -2.52. The van der Waals surface area contributed by atoms with Gasteiger partial charge in [-0.25, -0.2) is 0 Å². The van der Waals surface area contributed by atoms with Crippen LogP contribution in [-0.2, 0) is 0 Å². The van der Waals surface area contributed by atoms with Crippen molar-refractivity contribution in [2.75, 3.05) is 23.3 Å². The minimum absolute atomic E-state index is 0.00485. The lowest BCUT2D eigenvalue weighted by molar-refractivity contribution is -0.315. The normalized spacial score (nSPS) is 11.6. The number of unbranched alkanes of at least 4 members (excludes halogenated alkanes) is 6. The molecule has 0 bridgehead atoms. The van der Waals surface area contributed by atoms with E-state index in [0.717, 1.165) is 45.1 Å². The van der Waals surface area contributed by atoms with Crippen molar-refractivity contribution in [3.63, 3.8) is 0 Å². The molecule has 0 saturated carbocycles. The number of aliphatic hydroxyl groups is 3. The molecule has 0 aliphatic carbocycles. The SMILES string of the molecule is Nc1nc(N)nc(NCCCCCCCCCC(O)(O)O)n1. The molecule has 0 aliphatic rings. The number of hydrogen-bond donors (Lipinski definition) is 6. The average Bonchev–Trinajstić information content (AvgIpc) is 2.38. The van der Waals surface area contributed by atoms with E-state index in [1.807, 2.05) is 0 Å². The summed E-state index contributed by atoms with van der Waals surface area (Å²) in [4.78, 5) is 11.5. The highest BCUT2D eigenvalue weighted by Crippen LogP contribution is 2.12. The quantitative estimate of drug-likeness (QED) is 0.247. The standard InChI is InChI=1S/C13H26N6O3/c14-10-17-11(15)19-12(18-10)16-9-7-5-3-1-2-4-6-8-13(20,21)22/h20-22H,1-9H2,(H5,14,15,16,17,18,19). The predicted molar refractivity (Wildman–Crippen MR) is 83.5 cm³/mol. The van der Waals surface area contributed by atoms with Crippen LogP contribution in [0.5, 0.6) is 0 Å². The molecule has 9 heteroatoms. The van der Waals surface area contributed by atoms with E-state index >= 15 is 0 Å². The zero-order valence-electron chi connectivity index (χ0n) is 12.7. The van der Waals surface area contributed by atoms with Gasteiger partial charge in [0.25, 0.3) is 5.97 Å². The fourth-order valence-corrected chi connectivity index (χ4v) is 2.06. The maximum Gasteiger partial charge on any atom is 0.275 e. The summed E-state index contributed by atoms with van der Waals surface area (Å²) in [5, 5.41) is 29.2. The Balaban J connectivity index is 1.95. The van der Waals surface area contributed by atoms with Crippen molar-refractivity contribution < 1.29 is 15.3 Å². The first kappa shape index (κ1) is 18.3. The number of rotatable bonds is 11. The van der Waals surface area contributed by atoms with Gasteiger partial charge in [0.05, 0.1) is 0 Å². The third-order valence-corrected chi connectivity index (χ3v) is 3.14. The summed E-state index contributed by atoms with van der Waals surface area (Å²) in [5.41, 5.74) is 10.9. The van der Waals surface area contributed by atoms with Gasteiger partial charge in [-0.05, 0) is 12.8 Å². The first-order chi connectivity index (χ1) is 10.4. The molecule has 1 heterocycles. The number of nitrogens with one attached hydrogen (secondary N) is 1. The first-order valence-electron chi connectivity index (χ1n) is 7.55. The van der Waals surface area contributed by atoms with Crippen LogP contribution >= 0.6 is 0 Å². The fourth-order valence-electron chi connectivity index (χ4n) is 2.06. The Hall–Kier alpha value is -1.71. The van der Waals surface area contributed by atoms with Gasteiger partial charge in [0.15, 0.2) is 0 Å². The van der Waals surface area contributed by atoms with Crippen molar-refractivity contribution >= 4 is 17.8 Å². The molecule has 9 nitrogen and oxygen atoms in total. The molecule has 0 amide bonds. The lowest BCUT2D eigenvalue weighted by Crippen LogP contribution is -2.26. The molecule has 1 rings (SSSR count). The highest BCUT2D eigenvalue weighted by Gasteiger charge is 2.16. The summed E-state index contributed by atoms with van der Waals surface area (Å²) >= 11 is 0. The van der Waals surface area contributed by atoms with Crippen LogP contribution in [0.1, 0.15) is 51.4 Å². The van der Waals surface area contributed by atoms with Crippen molar-refractivity contribution in [1.82, 2.24) is 15.0 Å². The fraction of sp³-hybridized carbons (Fsp3) is 0.769. The summed E-state index contributed by atoms with van der Waals surface area (Å²) < 4.78 is 0. The zero-order valence-corrected chi connectivity index (χ0v) is 12.7. The van der Waals surface area contributed by atoms with E-state index in [4.69, 9.17) is 26.8 Å². The molecule has 0 saturated heterocycles. The van der Waals surface area contributed by atoms with Crippen LogP contribution in [0, 0.1) is 0 Å². The molecule has 22 heavy (non-hydrogen) atoms. The van der Waals surface area contributed by atoms with Gasteiger partial charge in [-0.3, -0.25) is 0 Å². The number of anilines is 3. The van der Waals surface area contributed by atoms with Crippen molar-refractivity contribution in [3.8, 4) is 0 Å². The van der Waals surface area contributed by atoms with Crippen molar-refractivity contribution in [2.24, 2.45) is 0 Å². The molecule has 0 aliphatic heterocycles. The maximum absolute atomic E-state index is 8.72. The Kier molecular flexibility index (Phi) is 7.78. The topological polar surface area (TPSA) is 163 Å². The molecule has 1 aromatic heterocycles. The van der Waals surface area contributed by atoms with Crippen LogP contribution in [0.25, 0.3) is 0 Å². The number of hydrogen-bond acceptors (Lipinski definition) is 9. The van der Waals surface area contributed by atoms with E-state index in [0.29, 0.717) is 12.4 Å². The molecular weight excluding hydrogens is 288 g/mol. The van der Waals surface area contributed by atoms with E-state index in [1.54, 1.807) is 0 Å². The van der Waals surface area contributed by atoms with Crippen LogP contribution in [0.3, 0.4) is 0 Å². The lowest BCUT2D eigenvalue weighted by Gasteiger charge is -2.12. The minimum Gasteiger partial charge on any atom is -0.368 e. The van der Waals surface area contributed by atoms with Crippen LogP contribution in [0.15, 0.2) is 0 Å². The summed E-state index contributed by atoms with van der Waals surface area (Å²) in [6.45, 7) is 0.741. The number of nitrogen functional groups attached to an aromatic ring is 2. The maximum atomic E-state index is 8.72. The van der Waals surface area contributed by atoms with Crippen LogP contribution < -0.4 is 16.8 Å². The largest absolute Gasteiger partial charge is 0.368 e. The molecular formula is C13H26N6O3. The van der Waals surface area contributed by atoms with Crippen LogP contribution in [0.4, 0.5) is 17.8 Å². The Labute approximate surface area is 129 Å². The second-order valence-electron chi connectivity index (χ2n) is 5.30. The zero-order chi connectivity index (χ0) is 16.4. The summed E-state index contributed by atoms with van der Waals surface area (Å²) in [6, 6.07) is 0.